The minimum absolute atomic E-state index is 1.12. The van der Waals surface area contributed by atoms with E-state index in [9.17, 15) is 0 Å². The predicted octanol–water partition coefficient (Wildman–Crippen LogP) is 14.0. The summed E-state index contributed by atoms with van der Waals surface area (Å²) in [6.45, 7) is 0. The van der Waals surface area contributed by atoms with E-state index in [0.717, 1.165) is 22.7 Å². The summed E-state index contributed by atoms with van der Waals surface area (Å²) in [5.41, 5.74) is 11.7. The number of aromatic nitrogens is 1. The average Bonchev–Trinajstić information content (AvgIpc) is 3.75. The molecule has 2 aromatic heterocycles. The number of benzene rings is 8. The minimum Gasteiger partial charge on any atom is -0.310 e. The molecule has 0 atom stereocenters. The van der Waals surface area contributed by atoms with E-state index in [2.05, 4.69) is 204 Å². The molecule has 0 saturated heterocycles. The molecule has 0 fully saturated rings. The van der Waals surface area contributed by atoms with Gasteiger partial charge in [-0.1, -0.05) is 140 Å². The van der Waals surface area contributed by atoms with Gasteiger partial charge in [0.15, 0.2) is 0 Å². The molecular formula is C48H32N2S. The van der Waals surface area contributed by atoms with E-state index in [1.807, 2.05) is 11.3 Å². The van der Waals surface area contributed by atoms with Crippen molar-refractivity contribution < 1.29 is 0 Å². The highest BCUT2D eigenvalue weighted by atomic mass is 32.1. The molecule has 10 rings (SSSR count). The summed E-state index contributed by atoms with van der Waals surface area (Å²) < 4.78 is 5.12. The van der Waals surface area contributed by atoms with Gasteiger partial charge >= 0.3 is 0 Å². The van der Waals surface area contributed by atoms with Crippen molar-refractivity contribution in [3.8, 4) is 27.9 Å². The molecule has 0 N–H and O–H groups in total. The first kappa shape index (κ1) is 29.5. The van der Waals surface area contributed by atoms with Gasteiger partial charge in [-0.3, -0.25) is 0 Å². The van der Waals surface area contributed by atoms with Crippen LogP contribution in [0.3, 0.4) is 0 Å². The lowest BCUT2D eigenvalue weighted by Crippen LogP contribution is -2.10. The van der Waals surface area contributed by atoms with Crippen molar-refractivity contribution >= 4 is 70.4 Å². The van der Waals surface area contributed by atoms with Gasteiger partial charge in [-0.15, -0.1) is 11.3 Å². The van der Waals surface area contributed by atoms with Crippen molar-refractivity contribution in [3.63, 3.8) is 0 Å². The monoisotopic (exact) mass is 668 g/mol. The zero-order valence-electron chi connectivity index (χ0n) is 27.8. The Morgan fingerprint density at radius 2 is 1.02 bits per heavy atom. The van der Waals surface area contributed by atoms with E-state index in [4.69, 9.17) is 0 Å². The van der Waals surface area contributed by atoms with E-state index < -0.39 is 0 Å². The third-order valence-electron chi connectivity index (χ3n) is 9.98. The Labute approximate surface area is 300 Å². The number of hydrogen-bond acceptors (Lipinski definition) is 2. The molecule has 0 amide bonds. The van der Waals surface area contributed by atoms with Gasteiger partial charge in [0.05, 0.1) is 22.4 Å². The van der Waals surface area contributed by atoms with Crippen molar-refractivity contribution in [1.29, 1.82) is 0 Å². The Kier molecular flexibility index (Phi) is 7.04. The van der Waals surface area contributed by atoms with Crippen molar-refractivity contribution in [1.82, 2.24) is 4.57 Å². The lowest BCUT2D eigenvalue weighted by Gasteiger charge is -2.26. The van der Waals surface area contributed by atoms with Crippen LogP contribution in [0.25, 0.3) is 69.9 Å². The van der Waals surface area contributed by atoms with Crippen molar-refractivity contribution in [3.05, 3.63) is 194 Å². The van der Waals surface area contributed by atoms with Crippen LogP contribution in [0.4, 0.5) is 17.1 Å². The van der Waals surface area contributed by atoms with Crippen LogP contribution in [-0.2, 0) is 0 Å². The topological polar surface area (TPSA) is 8.17 Å². The van der Waals surface area contributed by atoms with E-state index in [1.165, 1.54) is 64.2 Å². The van der Waals surface area contributed by atoms with Crippen LogP contribution in [-0.4, -0.2) is 4.57 Å². The van der Waals surface area contributed by atoms with E-state index in [1.54, 1.807) is 0 Å². The van der Waals surface area contributed by atoms with Crippen LogP contribution in [0, 0.1) is 0 Å². The highest BCUT2D eigenvalue weighted by Crippen LogP contribution is 2.46. The summed E-state index contributed by atoms with van der Waals surface area (Å²) in [6.07, 6.45) is 0. The molecule has 0 unspecified atom stereocenters. The number of anilines is 3. The van der Waals surface area contributed by atoms with Gasteiger partial charge < -0.3 is 9.47 Å². The first-order chi connectivity index (χ1) is 25.3. The predicted molar refractivity (Wildman–Crippen MR) is 219 cm³/mol. The molecule has 0 aliphatic rings. The van der Waals surface area contributed by atoms with Gasteiger partial charge in [-0.25, -0.2) is 0 Å². The molecule has 0 saturated carbocycles. The third-order valence-corrected chi connectivity index (χ3v) is 11.2. The number of hydrogen-bond donors (Lipinski definition) is 0. The Hall–Kier alpha value is -6.42. The number of rotatable bonds is 6. The highest BCUT2D eigenvalue weighted by molar-refractivity contribution is 7.26. The Balaban J connectivity index is 1.28. The zero-order chi connectivity index (χ0) is 33.7. The lowest BCUT2D eigenvalue weighted by atomic mass is 9.97. The Bertz CT molecular complexity index is 2810. The number of para-hydroxylation sites is 3. The SMILES string of the molecule is c1ccc(-c2ccc(-c3cccc4c3sc3ccccc34)cc2-n2c3ccccc3c3c(N(c4ccccc4)c4ccccc4)cccc32)cc1. The molecule has 51 heavy (non-hydrogen) atoms. The van der Waals surface area contributed by atoms with E-state index >= 15 is 0 Å². The van der Waals surface area contributed by atoms with Crippen LogP contribution in [0.5, 0.6) is 0 Å². The summed E-state index contributed by atoms with van der Waals surface area (Å²) in [5, 5.41) is 5.06. The number of thiophene rings is 1. The van der Waals surface area contributed by atoms with Crippen LogP contribution in [0.15, 0.2) is 194 Å². The fourth-order valence-electron chi connectivity index (χ4n) is 7.75. The summed E-state index contributed by atoms with van der Waals surface area (Å²) in [4.78, 5) is 2.38. The molecule has 0 spiro atoms. The molecule has 0 aliphatic carbocycles. The second kappa shape index (κ2) is 12.2. The first-order valence-electron chi connectivity index (χ1n) is 17.4. The molecule has 0 radical (unpaired) electrons. The molecule has 2 heterocycles. The molecule has 0 aliphatic heterocycles. The second-order valence-corrected chi connectivity index (χ2v) is 14.0. The quantitative estimate of drug-likeness (QED) is 0.171. The maximum Gasteiger partial charge on any atom is 0.0562 e. The van der Waals surface area contributed by atoms with Crippen LogP contribution in [0.2, 0.25) is 0 Å². The van der Waals surface area contributed by atoms with Gasteiger partial charge in [0.25, 0.3) is 0 Å². The Morgan fingerprint density at radius 1 is 0.412 bits per heavy atom. The van der Waals surface area contributed by atoms with Crippen molar-refractivity contribution in [2.45, 2.75) is 0 Å². The normalized spacial score (nSPS) is 11.5. The smallest absolute Gasteiger partial charge is 0.0562 e. The van der Waals surface area contributed by atoms with Gasteiger partial charge in [-0.2, -0.15) is 0 Å². The largest absolute Gasteiger partial charge is 0.310 e. The summed E-state index contributed by atoms with van der Waals surface area (Å²) >= 11 is 1.88. The first-order valence-corrected chi connectivity index (χ1v) is 18.2. The molecule has 2 nitrogen and oxygen atoms in total. The van der Waals surface area contributed by atoms with Crippen LogP contribution >= 0.6 is 11.3 Å². The van der Waals surface area contributed by atoms with Crippen LogP contribution in [0.1, 0.15) is 0 Å². The highest BCUT2D eigenvalue weighted by Gasteiger charge is 2.22. The molecular weight excluding hydrogens is 637 g/mol. The summed E-state index contributed by atoms with van der Waals surface area (Å²) in [7, 11) is 0. The lowest BCUT2D eigenvalue weighted by molar-refractivity contribution is 1.18. The third kappa shape index (κ3) is 4.85. The van der Waals surface area contributed by atoms with Gasteiger partial charge in [-0.05, 0) is 71.3 Å². The maximum atomic E-state index is 2.49. The summed E-state index contributed by atoms with van der Waals surface area (Å²) in [6, 6.07) is 70.3. The van der Waals surface area contributed by atoms with E-state index in [0.29, 0.717) is 0 Å². The standard InChI is InChI=1S/C48H32N2S/c1-4-16-33(17-5-1)37-31-30-34(38-24-14-25-40-39-22-11-13-29-46(39)51-48(38)40)32-45(37)50-42-26-12-10-23-41(42)47-43(27-15-28-44(47)50)49(35-18-6-2-7-19-35)36-20-8-3-9-21-36/h1-32H. The zero-order valence-corrected chi connectivity index (χ0v) is 28.6. The second-order valence-electron chi connectivity index (χ2n) is 12.9. The van der Waals surface area contributed by atoms with Gasteiger partial charge in [0.1, 0.15) is 0 Å². The molecule has 8 aromatic carbocycles. The molecule has 10 aromatic rings. The minimum atomic E-state index is 1.12. The van der Waals surface area contributed by atoms with Crippen molar-refractivity contribution in [2.24, 2.45) is 0 Å². The van der Waals surface area contributed by atoms with Crippen molar-refractivity contribution in [2.75, 3.05) is 4.90 Å². The fourth-order valence-corrected chi connectivity index (χ4v) is 8.99. The van der Waals surface area contributed by atoms with Gasteiger partial charge in [0, 0.05) is 47.9 Å². The maximum absolute atomic E-state index is 2.49. The van der Waals surface area contributed by atoms with Gasteiger partial charge in [0.2, 0.25) is 0 Å². The van der Waals surface area contributed by atoms with Crippen LogP contribution < -0.4 is 4.90 Å². The fraction of sp³-hybridized carbons (Fsp3) is 0. The Morgan fingerprint density at radius 3 is 1.78 bits per heavy atom. The summed E-state index contributed by atoms with van der Waals surface area (Å²) in [5.74, 6) is 0. The molecule has 3 heteroatoms. The molecule has 0 bridgehead atoms. The number of nitrogens with zero attached hydrogens (tertiary/aromatic N) is 2. The molecule has 240 valence electrons. The van der Waals surface area contributed by atoms with E-state index in [-0.39, 0.29) is 0 Å². The number of fused-ring (bicyclic) bond motifs is 6. The average molecular weight is 669 g/mol.